The SMILES string of the molecule is CN(C)CCCN(C)C(=O)c1cc(S)ccc1F. The van der Waals surface area contributed by atoms with Crippen molar-refractivity contribution in [1.82, 2.24) is 9.80 Å². The maximum Gasteiger partial charge on any atom is 0.256 e. The summed E-state index contributed by atoms with van der Waals surface area (Å²) in [4.78, 5) is 16.2. The van der Waals surface area contributed by atoms with Crippen molar-refractivity contribution in [2.24, 2.45) is 0 Å². The summed E-state index contributed by atoms with van der Waals surface area (Å²) >= 11 is 4.12. The van der Waals surface area contributed by atoms with Crippen LogP contribution in [0.15, 0.2) is 23.1 Å². The smallest absolute Gasteiger partial charge is 0.256 e. The van der Waals surface area contributed by atoms with E-state index >= 15 is 0 Å². The summed E-state index contributed by atoms with van der Waals surface area (Å²) in [6.07, 6.45) is 0.859. The molecule has 1 rings (SSSR count). The summed E-state index contributed by atoms with van der Waals surface area (Å²) in [5.41, 5.74) is 0.0786. The lowest BCUT2D eigenvalue weighted by Gasteiger charge is -2.19. The van der Waals surface area contributed by atoms with Crippen molar-refractivity contribution < 1.29 is 9.18 Å². The summed E-state index contributed by atoms with van der Waals surface area (Å²) < 4.78 is 13.5. The van der Waals surface area contributed by atoms with E-state index in [0.717, 1.165) is 13.0 Å². The number of thiol groups is 1. The van der Waals surface area contributed by atoms with Crippen molar-refractivity contribution in [3.05, 3.63) is 29.6 Å². The summed E-state index contributed by atoms with van der Waals surface area (Å²) in [5.74, 6) is -0.806. The Hall–Kier alpha value is -1.07. The molecule has 1 aromatic carbocycles. The van der Waals surface area contributed by atoms with Gasteiger partial charge in [0.15, 0.2) is 0 Å². The second-order valence-corrected chi connectivity index (χ2v) is 5.06. The molecule has 0 saturated heterocycles. The van der Waals surface area contributed by atoms with Crippen LogP contribution in [0.2, 0.25) is 0 Å². The molecule has 100 valence electrons. The minimum atomic E-state index is -0.503. The average Bonchev–Trinajstić information content (AvgIpc) is 2.30. The molecule has 0 aliphatic rings. The Kier molecular flexibility index (Phi) is 5.62. The monoisotopic (exact) mass is 270 g/mol. The number of carbonyl (C=O) groups is 1. The zero-order chi connectivity index (χ0) is 13.7. The van der Waals surface area contributed by atoms with Gasteiger partial charge in [-0.3, -0.25) is 4.79 Å². The van der Waals surface area contributed by atoms with E-state index in [1.54, 1.807) is 7.05 Å². The van der Waals surface area contributed by atoms with Gasteiger partial charge in [-0.05, 0) is 45.3 Å². The molecule has 0 saturated carbocycles. The van der Waals surface area contributed by atoms with Crippen LogP contribution in [0.4, 0.5) is 4.39 Å². The van der Waals surface area contributed by atoms with E-state index in [9.17, 15) is 9.18 Å². The maximum absolute atomic E-state index is 13.5. The summed E-state index contributed by atoms with van der Waals surface area (Å²) in [5, 5.41) is 0. The maximum atomic E-state index is 13.5. The van der Waals surface area contributed by atoms with Crippen LogP contribution in [-0.4, -0.2) is 49.9 Å². The van der Waals surface area contributed by atoms with Gasteiger partial charge in [0.25, 0.3) is 5.91 Å². The Labute approximate surface area is 113 Å². The first-order chi connectivity index (χ1) is 8.41. The van der Waals surface area contributed by atoms with Crippen molar-refractivity contribution in [3.63, 3.8) is 0 Å². The fourth-order valence-corrected chi connectivity index (χ4v) is 1.81. The number of nitrogens with zero attached hydrogens (tertiary/aromatic N) is 2. The highest BCUT2D eigenvalue weighted by molar-refractivity contribution is 7.80. The third kappa shape index (κ3) is 4.31. The van der Waals surface area contributed by atoms with Gasteiger partial charge in [-0.2, -0.15) is 0 Å². The van der Waals surface area contributed by atoms with Crippen molar-refractivity contribution in [1.29, 1.82) is 0 Å². The second kappa shape index (κ2) is 6.75. The Balaban J connectivity index is 2.65. The van der Waals surface area contributed by atoms with Crippen molar-refractivity contribution in [2.45, 2.75) is 11.3 Å². The van der Waals surface area contributed by atoms with Crippen LogP contribution in [0, 0.1) is 5.82 Å². The van der Waals surface area contributed by atoms with Crippen LogP contribution >= 0.6 is 12.6 Å². The van der Waals surface area contributed by atoms with Gasteiger partial charge >= 0.3 is 0 Å². The van der Waals surface area contributed by atoms with Crippen LogP contribution in [-0.2, 0) is 0 Å². The van der Waals surface area contributed by atoms with E-state index in [1.165, 1.54) is 23.1 Å². The van der Waals surface area contributed by atoms with E-state index in [1.807, 2.05) is 19.0 Å². The van der Waals surface area contributed by atoms with Gasteiger partial charge in [0.05, 0.1) is 5.56 Å². The normalized spacial score (nSPS) is 10.8. The van der Waals surface area contributed by atoms with Crippen LogP contribution < -0.4 is 0 Å². The van der Waals surface area contributed by atoms with Crippen LogP contribution in [0.25, 0.3) is 0 Å². The molecule has 0 aromatic heterocycles. The molecule has 3 nitrogen and oxygen atoms in total. The molecule has 0 atom stereocenters. The number of hydrogen-bond donors (Lipinski definition) is 1. The molecule has 0 unspecified atom stereocenters. The molecule has 0 bridgehead atoms. The third-order valence-electron chi connectivity index (χ3n) is 2.63. The second-order valence-electron chi connectivity index (χ2n) is 4.55. The van der Waals surface area contributed by atoms with Crippen LogP contribution in [0.3, 0.4) is 0 Å². The Bertz CT molecular complexity index is 423. The van der Waals surface area contributed by atoms with Gasteiger partial charge in [0.1, 0.15) is 5.82 Å². The highest BCUT2D eigenvalue weighted by atomic mass is 32.1. The Morgan fingerprint density at radius 2 is 1.94 bits per heavy atom. The van der Waals surface area contributed by atoms with Crippen LogP contribution in [0.1, 0.15) is 16.8 Å². The van der Waals surface area contributed by atoms with Crippen molar-refractivity contribution in [2.75, 3.05) is 34.2 Å². The molecule has 0 spiro atoms. The lowest BCUT2D eigenvalue weighted by Crippen LogP contribution is -2.30. The number of benzene rings is 1. The van der Waals surface area contributed by atoms with Gasteiger partial charge in [0.2, 0.25) is 0 Å². The average molecular weight is 270 g/mol. The fraction of sp³-hybridized carbons (Fsp3) is 0.462. The van der Waals surface area contributed by atoms with Crippen molar-refractivity contribution in [3.8, 4) is 0 Å². The number of halogens is 1. The molecule has 0 fully saturated rings. The standard InChI is InChI=1S/C13H19FN2OS/c1-15(2)7-4-8-16(3)13(17)11-9-10(18)5-6-12(11)14/h5-6,9,18H,4,7-8H2,1-3H3. The van der Waals surface area contributed by atoms with E-state index in [4.69, 9.17) is 0 Å². The van der Waals surface area contributed by atoms with Gasteiger partial charge in [0, 0.05) is 18.5 Å². The zero-order valence-electron chi connectivity index (χ0n) is 11.0. The zero-order valence-corrected chi connectivity index (χ0v) is 11.9. The van der Waals surface area contributed by atoms with Crippen molar-refractivity contribution >= 4 is 18.5 Å². The molecule has 18 heavy (non-hydrogen) atoms. The summed E-state index contributed by atoms with van der Waals surface area (Å²) in [6.45, 7) is 1.50. The molecule has 0 aliphatic carbocycles. The van der Waals surface area contributed by atoms with Gasteiger partial charge in [-0.1, -0.05) is 0 Å². The van der Waals surface area contributed by atoms with Crippen LogP contribution in [0.5, 0.6) is 0 Å². The predicted octanol–water partition coefficient (Wildman–Crippen LogP) is 2.14. The first kappa shape index (κ1) is 15.0. The van der Waals surface area contributed by atoms with E-state index in [-0.39, 0.29) is 11.5 Å². The Morgan fingerprint density at radius 1 is 1.28 bits per heavy atom. The molecule has 0 N–H and O–H groups in total. The fourth-order valence-electron chi connectivity index (χ4n) is 1.61. The lowest BCUT2D eigenvalue weighted by atomic mass is 10.2. The molecule has 5 heteroatoms. The third-order valence-corrected chi connectivity index (χ3v) is 2.90. The quantitative estimate of drug-likeness (QED) is 0.829. The molecular weight excluding hydrogens is 251 g/mol. The molecule has 0 radical (unpaired) electrons. The van der Waals surface area contributed by atoms with E-state index in [2.05, 4.69) is 12.6 Å². The minimum absolute atomic E-state index is 0.0786. The van der Waals surface area contributed by atoms with Gasteiger partial charge in [-0.15, -0.1) is 12.6 Å². The number of amides is 1. The van der Waals surface area contributed by atoms with Gasteiger partial charge in [-0.25, -0.2) is 4.39 Å². The predicted molar refractivity (Wildman–Crippen MR) is 73.8 cm³/mol. The Morgan fingerprint density at radius 3 is 2.56 bits per heavy atom. The minimum Gasteiger partial charge on any atom is -0.342 e. The lowest BCUT2D eigenvalue weighted by molar-refractivity contribution is 0.0785. The van der Waals surface area contributed by atoms with E-state index < -0.39 is 5.82 Å². The number of hydrogen-bond acceptors (Lipinski definition) is 3. The summed E-state index contributed by atoms with van der Waals surface area (Å²) in [6, 6.07) is 4.26. The molecule has 1 amide bonds. The largest absolute Gasteiger partial charge is 0.342 e. The number of carbonyl (C=O) groups excluding carboxylic acids is 1. The molecule has 0 aliphatic heterocycles. The van der Waals surface area contributed by atoms with Gasteiger partial charge < -0.3 is 9.80 Å². The topological polar surface area (TPSA) is 23.6 Å². The molecule has 1 aromatic rings. The van der Waals surface area contributed by atoms with E-state index in [0.29, 0.717) is 11.4 Å². The number of rotatable bonds is 5. The highest BCUT2D eigenvalue weighted by Crippen LogP contribution is 2.15. The first-order valence-electron chi connectivity index (χ1n) is 5.80. The molecular formula is C13H19FN2OS. The summed E-state index contributed by atoms with van der Waals surface area (Å²) in [7, 11) is 5.64. The first-order valence-corrected chi connectivity index (χ1v) is 6.25. The molecule has 0 heterocycles. The highest BCUT2D eigenvalue weighted by Gasteiger charge is 2.16.